The van der Waals surface area contributed by atoms with Crippen LogP contribution >= 0.6 is 11.6 Å². The first-order valence-electron chi connectivity index (χ1n) is 9.78. The van der Waals surface area contributed by atoms with Gasteiger partial charge in [-0.15, -0.1) is 15.3 Å². The fourth-order valence-electron chi connectivity index (χ4n) is 3.03. The fraction of sp³-hybridized carbons (Fsp3) is 0.182. The summed E-state index contributed by atoms with van der Waals surface area (Å²) in [6, 6.07) is 17.3. The van der Waals surface area contributed by atoms with E-state index in [2.05, 4.69) is 25.9 Å². The molecule has 0 saturated carbocycles. The molecule has 2 heterocycles. The molecule has 0 saturated heterocycles. The first-order chi connectivity index (χ1) is 15.1. The first-order valence-corrected chi connectivity index (χ1v) is 10.2. The lowest BCUT2D eigenvalue weighted by Gasteiger charge is -2.07. The lowest BCUT2D eigenvalue weighted by molar-refractivity contribution is -0.121. The molecule has 0 aliphatic rings. The molecule has 0 unspecified atom stereocenters. The molecule has 0 aliphatic heterocycles. The molecule has 2 aromatic carbocycles. The lowest BCUT2D eigenvalue weighted by Crippen LogP contribution is -2.23. The summed E-state index contributed by atoms with van der Waals surface area (Å²) in [5, 5.41) is 19.4. The molecular formula is C22H20ClFN6O. The number of benzene rings is 2. The Morgan fingerprint density at radius 1 is 1.00 bits per heavy atom. The summed E-state index contributed by atoms with van der Waals surface area (Å²) in [6.45, 7) is 0.871. The van der Waals surface area contributed by atoms with Crippen molar-refractivity contribution in [2.45, 2.75) is 25.9 Å². The average molecular weight is 439 g/mol. The van der Waals surface area contributed by atoms with Crippen LogP contribution in [0.1, 0.15) is 23.4 Å². The first kappa shape index (κ1) is 20.7. The zero-order valence-corrected chi connectivity index (χ0v) is 17.3. The molecular weight excluding hydrogens is 419 g/mol. The minimum absolute atomic E-state index is 0.109. The van der Waals surface area contributed by atoms with Crippen LogP contribution in [0.4, 0.5) is 10.2 Å². The topological polar surface area (TPSA) is 84.2 Å². The molecule has 0 spiro atoms. The van der Waals surface area contributed by atoms with Crippen molar-refractivity contribution in [3.63, 3.8) is 0 Å². The molecule has 4 aromatic rings. The Labute approximate surface area is 183 Å². The highest BCUT2D eigenvalue weighted by molar-refractivity contribution is 6.31. The molecule has 0 fully saturated rings. The van der Waals surface area contributed by atoms with Crippen LogP contribution in [-0.2, 0) is 24.3 Å². The Morgan fingerprint density at radius 3 is 2.61 bits per heavy atom. The van der Waals surface area contributed by atoms with E-state index in [1.165, 1.54) is 12.1 Å². The zero-order valence-electron chi connectivity index (χ0n) is 16.6. The number of nitrogens with one attached hydrogen (secondary N) is 2. The van der Waals surface area contributed by atoms with Gasteiger partial charge in [0.05, 0.1) is 0 Å². The number of anilines is 1. The third-order valence-electron chi connectivity index (χ3n) is 4.72. The van der Waals surface area contributed by atoms with Gasteiger partial charge in [0, 0.05) is 31.0 Å². The Kier molecular flexibility index (Phi) is 6.37. The average Bonchev–Trinajstić information content (AvgIpc) is 3.19. The monoisotopic (exact) mass is 438 g/mol. The van der Waals surface area contributed by atoms with Gasteiger partial charge in [-0.1, -0.05) is 41.9 Å². The summed E-state index contributed by atoms with van der Waals surface area (Å²) in [7, 11) is 0. The summed E-state index contributed by atoms with van der Waals surface area (Å²) >= 11 is 6.11. The molecule has 7 nitrogen and oxygen atoms in total. The van der Waals surface area contributed by atoms with Gasteiger partial charge in [-0.25, -0.2) is 4.39 Å². The number of aromatic nitrogens is 4. The smallest absolute Gasteiger partial charge is 0.220 e. The number of aryl methyl sites for hydroxylation is 1. The van der Waals surface area contributed by atoms with Crippen molar-refractivity contribution in [3.05, 3.63) is 88.5 Å². The van der Waals surface area contributed by atoms with E-state index < -0.39 is 0 Å². The summed E-state index contributed by atoms with van der Waals surface area (Å²) < 4.78 is 14.7. The fourth-order valence-corrected chi connectivity index (χ4v) is 3.23. The zero-order chi connectivity index (χ0) is 21.6. The van der Waals surface area contributed by atoms with Crippen LogP contribution < -0.4 is 10.6 Å². The molecule has 4 rings (SSSR count). The Balaban J connectivity index is 1.35. The number of amides is 1. The maximum Gasteiger partial charge on any atom is 0.220 e. The Morgan fingerprint density at radius 2 is 1.81 bits per heavy atom. The second-order valence-corrected chi connectivity index (χ2v) is 7.36. The summed E-state index contributed by atoms with van der Waals surface area (Å²) in [6.07, 6.45) is 0.643. The predicted molar refractivity (Wildman–Crippen MR) is 116 cm³/mol. The maximum atomic E-state index is 13.0. The highest BCUT2D eigenvalue weighted by Gasteiger charge is 2.11. The Bertz CT molecular complexity index is 1190. The van der Waals surface area contributed by atoms with Crippen LogP contribution in [0, 0.1) is 5.82 Å². The molecule has 0 aliphatic carbocycles. The van der Waals surface area contributed by atoms with E-state index >= 15 is 0 Å². The van der Waals surface area contributed by atoms with Crippen LogP contribution in [0.5, 0.6) is 0 Å². The molecule has 158 valence electrons. The lowest BCUT2D eigenvalue weighted by atomic mass is 10.2. The van der Waals surface area contributed by atoms with Gasteiger partial charge >= 0.3 is 0 Å². The van der Waals surface area contributed by atoms with Gasteiger partial charge in [0.25, 0.3) is 0 Å². The van der Waals surface area contributed by atoms with E-state index in [0.717, 1.165) is 11.1 Å². The number of carbonyl (C=O) groups is 1. The standard InChI is InChI=1S/C22H20ClFN6O/c23-18-4-2-1-3-16(18)14-26-22(31)12-11-21-28-27-20-10-9-19(29-30(20)21)25-13-15-5-7-17(24)8-6-15/h1-10H,11-14H2,(H,25,29)(H,26,31). The SMILES string of the molecule is O=C(CCc1nnc2ccc(NCc3ccc(F)cc3)nn12)NCc1ccccc1Cl. The summed E-state index contributed by atoms with van der Waals surface area (Å²) in [4.78, 5) is 12.2. The molecule has 2 aromatic heterocycles. The number of nitrogens with zero attached hydrogens (tertiary/aromatic N) is 4. The second kappa shape index (κ2) is 9.53. The highest BCUT2D eigenvalue weighted by Crippen LogP contribution is 2.14. The van der Waals surface area contributed by atoms with Crippen LogP contribution in [-0.4, -0.2) is 25.7 Å². The molecule has 0 bridgehead atoms. The number of rotatable bonds is 8. The van der Waals surface area contributed by atoms with Gasteiger partial charge < -0.3 is 10.6 Å². The van der Waals surface area contributed by atoms with Crippen LogP contribution in [0.25, 0.3) is 5.65 Å². The van der Waals surface area contributed by atoms with E-state index in [1.807, 2.05) is 18.2 Å². The maximum absolute atomic E-state index is 13.0. The minimum Gasteiger partial charge on any atom is -0.365 e. The van der Waals surface area contributed by atoms with Crippen LogP contribution in [0.2, 0.25) is 5.02 Å². The molecule has 2 N–H and O–H groups in total. The molecule has 1 amide bonds. The highest BCUT2D eigenvalue weighted by atomic mass is 35.5. The number of hydrogen-bond donors (Lipinski definition) is 2. The summed E-state index contributed by atoms with van der Waals surface area (Å²) in [5.74, 6) is 0.838. The number of hydrogen-bond acceptors (Lipinski definition) is 5. The van der Waals surface area contributed by atoms with Gasteiger partial charge in [0.2, 0.25) is 5.91 Å². The summed E-state index contributed by atoms with van der Waals surface area (Å²) in [5.41, 5.74) is 2.39. The molecule has 0 radical (unpaired) electrons. The second-order valence-electron chi connectivity index (χ2n) is 6.95. The number of carbonyl (C=O) groups excluding carboxylic acids is 1. The largest absolute Gasteiger partial charge is 0.365 e. The van der Waals surface area contributed by atoms with Crippen LogP contribution in [0.15, 0.2) is 60.7 Å². The van der Waals surface area contributed by atoms with Crippen molar-refractivity contribution < 1.29 is 9.18 Å². The van der Waals surface area contributed by atoms with E-state index in [9.17, 15) is 9.18 Å². The van der Waals surface area contributed by atoms with Gasteiger partial charge in [-0.3, -0.25) is 4.79 Å². The molecule has 9 heteroatoms. The van der Waals surface area contributed by atoms with Crippen molar-refractivity contribution in [1.29, 1.82) is 0 Å². The normalized spacial score (nSPS) is 10.9. The van der Waals surface area contributed by atoms with Gasteiger partial charge in [-0.2, -0.15) is 4.52 Å². The molecule has 0 atom stereocenters. The third kappa shape index (κ3) is 5.35. The Hall–Kier alpha value is -3.52. The van der Waals surface area contributed by atoms with Crippen molar-refractivity contribution in [1.82, 2.24) is 25.1 Å². The predicted octanol–water partition coefficient (Wildman–Crippen LogP) is 3.78. The van der Waals surface area contributed by atoms with E-state index in [-0.39, 0.29) is 18.1 Å². The van der Waals surface area contributed by atoms with Gasteiger partial charge in [-0.05, 0) is 41.5 Å². The van der Waals surface area contributed by atoms with Crippen molar-refractivity contribution in [2.75, 3.05) is 5.32 Å². The van der Waals surface area contributed by atoms with Gasteiger partial charge in [0.15, 0.2) is 11.5 Å². The van der Waals surface area contributed by atoms with Crippen molar-refractivity contribution >= 4 is 29.0 Å². The quantitative estimate of drug-likeness (QED) is 0.437. The van der Waals surface area contributed by atoms with E-state index in [0.29, 0.717) is 41.8 Å². The van der Waals surface area contributed by atoms with Gasteiger partial charge in [0.1, 0.15) is 11.6 Å². The number of fused-ring (bicyclic) bond motifs is 1. The third-order valence-corrected chi connectivity index (χ3v) is 5.09. The van der Waals surface area contributed by atoms with Crippen molar-refractivity contribution in [3.8, 4) is 0 Å². The molecule has 31 heavy (non-hydrogen) atoms. The van der Waals surface area contributed by atoms with Crippen molar-refractivity contribution in [2.24, 2.45) is 0 Å². The van der Waals surface area contributed by atoms with Crippen LogP contribution in [0.3, 0.4) is 0 Å². The minimum atomic E-state index is -0.270. The number of halogens is 2. The van der Waals surface area contributed by atoms with E-state index in [4.69, 9.17) is 11.6 Å². The van der Waals surface area contributed by atoms with E-state index in [1.54, 1.807) is 34.8 Å².